The summed E-state index contributed by atoms with van der Waals surface area (Å²) in [5, 5.41) is 0. The number of rotatable bonds is 11. The van der Waals surface area contributed by atoms with Crippen LogP contribution in [0.1, 0.15) is 78.7 Å². The number of hydrogen-bond acceptors (Lipinski definition) is 6. The highest BCUT2D eigenvalue weighted by Gasteiger charge is 2.41. The molecular formula is C33H40F3NO6S2. The number of alkyl halides is 3. The Hall–Kier alpha value is -2.90. The molecule has 0 radical (unpaired) electrons. The zero-order chi connectivity index (χ0) is 31.9. The fraction of sp³-hybridized carbons (Fsp3) is 0.424. The van der Waals surface area contributed by atoms with E-state index >= 15 is 0 Å². The van der Waals surface area contributed by atoms with E-state index in [1.807, 2.05) is 18.2 Å². The normalized spacial score (nSPS) is 15.5. The molecule has 1 saturated heterocycles. The molecule has 7 nitrogen and oxygen atoms in total. The maximum Gasteiger partial charge on any atom is 0.417 e. The van der Waals surface area contributed by atoms with Gasteiger partial charge < -0.3 is 18.9 Å². The summed E-state index contributed by atoms with van der Waals surface area (Å²) in [5.41, 5.74) is -1.14. The quantitative estimate of drug-likeness (QED) is 0.168. The summed E-state index contributed by atoms with van der Waals surface area (Å²) in [6.45, 7) is 7.38. The number of ether oxygens (including phenoxy) is 4. The average Bonchev–Trinajstić information content (AvgIpc) is 2.98. The Bertz CT molecular complexity index is 1430. The number of halogens is 3. The highest BCUT2D eigenvalue weighted by atomic mass is 32.2. The molecule has 246 valence electrons. The van der Waals surface area contributed by atoms with E-state index in [4.69, 9.17) is 18.9 Å². The third kappa shape index (κ3) is 10.0. The molecular weight excluding hydrogens is 627 g/mol. The van der Waals surface area contributed by atoms with Gasteiger partial charge in [0.25, 0.3) is 0 Å². The van der Waals surface area contributed by atoms with Crippen LogP contribution in [0.4, 0.5) is 13.2 Å². The van der Waals surface area contributed by atoms with Crippen molar-refractivity contribution in [2.45, 2.75) is 76.8 Å². The highest BCUT2D eigenvalue weighted by Crippen LogP contribution is 2.43. The minimum absolute atomic E-state index is 0. The van der Waals surface area contributed by atoms with Gasteiger partial charge in [-0.25, -0.2) is 13.7 Å². The van der Waals surface area contributed by atoms with E-state index in [0.717, 1.165) is 12.0 Å². The van der Waals surface area contributed by atoms with Crippen LogP contribution in [-0.4, -0.2) is 34.4 Å². The number of para-hydroxylation sites is 1. The smallest absolute Gasteiger partial charge is 0.417 e. The van der Waals surface area contributed by atoms with Gasteiger partial charge >= 0.3 is 12.1 Å². The zero-order valence-electron chi connectivity index (χ0n) is 25.7. The Balaban J connectivity index is 0.00000552. The number of hydrogen-bond donors (Lipinski definition) is 1. The molecule has 0 amide bonds. The van der Waals surface area contributed by atoms with Crippen LogP contribution >= 0.6 is 13.5 Å². The van der Waals surface area contributed by atoms with Crippen LogP contribution in [0.3, 0.4) is 0 Å². The van der Waals surface area contributed by atoms with E-state index < -0.39 is 45.8 Å². The van der Waals surface area contributed by atoms with Gasteiger partial charge in [0.2, 0.25) is 0 Å². The molecule has 45 heavy (non-hydrogen) atoms. The maximum atomic E-state index is 14.9. The van der Waals surface area contributed by atoms with Gasteiger partial charge in [0, 0.05) is 12.5 Å². The predicted molar refractivity (Wildman–Crippen MR) is 172 cm³/mol. The van der Waals surface area contributed by atoms with E-state index in [0.29, 0.717) is 13.2 Å². The van der Waals surface area contributed by atoms with E-state index in [1.54, 1.807) is 51.1 Å². The van der Waals surface area contributed by atoms with Crippen molar-refractivity contribution in [3.8, 4) is 11.5 Å². The topological polar surface area (TPSA) is 83.1 Å². The number of nitrogens with one attached hydrogen (secondary N) is 1. The van der Waals surface area contributed by atoms with Crippen molar-refractivity contribution in [2.75, 3.05) is 13.2 Å². The minimum Gasteiger partial charge on any atom is -0.488 e. The number of carbonyl (C=O) groups is 1. The summed E-state index contributed by atoms with van der Waals surface area (Å²) in [6.07, 6.45) is -4.36. The lowest BCUT2D eigenvalue weighted by molar-refractivity contribution is -0.182. The minimum atomic E-state index is -4.86. The molecule has 1 N–H and O–H groups in total. The van der Waals surface area contributed by atoms with Gasteiger partial charge in [0.15, 0.2) is 6.29 Å². The molecule has 2 atom stereocenters. The van der Waals surface area contributed by atoms with E-state index in [1.165, 1.54) is 25.1 Å². The van der Waals surface area contributed by atoms with Gasteiger partial charge in [0.1, 0.15) is 23.7 Å². The van der Waals surface area contributed by atoms with Crippen LogP contribution in [0.2, 0.25) is 0 Å². The van der Waals surface area contributed by atoms with Crippen molar-refractivity contribution >= 4 is 30.5 Å². The predicted octanol–water partition coefficient (Wildman–Crippen LogP) is 7.56. The monoisotopic (exact) mass is 667 g/mol. The van der Waals surface area contributed by atoms with Crippen molar-refractivity contribution in [1.29, 1.82) is 0 Å². The van der Waals surface area contributed by atoms with Crippen LogP contribution in [0.5, 0.6) is 11.5 Å². The molecule has 0 spiro atoms. The van der Waals surface area contributed by atoms with Gasteiger partial charge in [-0.15, -0.1) is 0 Å². The molecule has 1 unspecified atom stereocenters. The van der Waals surface area contributed by atoms with Crippen LogP contribution in [0.15, 0.2) is 66.7 Å². The summed E-state index contributed by atoms with van der Waals surface area (Å²) in [4.78, 5) is 13.5. The average molecular weight is 668 g/mol. The number of carbonyl (C=O) groups excluding carboxylic acids is 1. The zero-order valence-corrected chi connectivity index (χ0v) is 27.6. The third-order valence-corrected chi connectivity index (χ3v) is 8.63. The first-order valence-corrected chi connectivity index (χ1v) is 15.6. The molecule has 12 heteroatoms. The Morgan fingerprint density at radius 1 is 1.02 bits per heavy atom. The van der Waals surface area contributed by atoms with Crippen LogP contribution in [0, 0.1) is 6.92 Å². The van der Waals surface area contributed by atoms with Gasteiger partial charge in [-0.1, -0.05) is 48.5 Å². The molecule has 0 bridgehead atoms. The van der Waals surface area contributed by atoms with Gasteiger partial charge in [-0.05, 0) is 75.4 Å². The summed E-state index contributed by atoms with van der Waals surface area (Å²) in [7, 11) is -1.73. The second-order valence-electron chi connectivity index (χ2n) is 11.5. The standard InChI is InChI=1S/C33H38F3NO6S.H2S/c1-22-29(31(38)43-24-14-9-6-10-15-24)27(42-21-23-12-7-5-8-13-23)20-25(30(22)33(34,35)36)26(37-44(39)32(2,3)4)16-17-28-40-18-11-19-41-28;/h5-10,12-15,20,26,28,37H,11,16-19,21H2,1-4H3;1H2/t26?,44-;/m0./s1. The molecule has 3 aromatic carbocycles. The van der Waals surface area contributed by atoms with Crippen LogP contribution in [0.25, 0.3) is 0 Å². The Morgan fingerprint density at radius 3 is 2.20 bits per heavy atom. The molecule has 3 aromatic rings. The molecule has 0 aliphatic carbocycles. The van der Waals surface area contributed by atoms with Crippen LogP contribution < -0.4 is 14.2 Å². The van der Waals surface area contributed by atoms with Crippen molar-refractivity contribution in [1.82, 2.24) is 4.72 Å². The SMILES string of the molecule is Cc1c(C(=O)Oc2ccccc2)c(OCc2ccccc2)cc(C(CCC2OCCCO2)N[S@@](=O)C(C)(C)C)c1C(F)(F)F.S. The van der Waals surface area contributed by atoms with Gasteiger partial charge in [-0.3, -0.25) is 0 Å². The number of esters is 1. The third-order valence-electron chi connectivity index (χ3n) is 7.02. The molecule has 1 fully saturated rings. The first kappa shape index (κ1) is 36.6. The maximum absolute atomic E-state index is 14.9. The lowest BCUT2D eigenvalue weighted by Crippen LogP contribution is -2.37. The number of benzene rings is 3. The largest absolute Gasteiger partial charge is 0.488 e. The van der Waals surface area contributed by atoms with Crippen molar-refractivity contribution in [3.05, 3.63) is 94.5 Å². The van der Waals surface area contributed by atoms with E-state index in [9.17, 15) is 22.2 Å². The van der Waals surface area contributed by atoms with E-state index in [2.05, 4.69) is 4.72 Å². The Labute approximate surface area is 271 Å². The fourth-order valence-corrected chi connectivity index (χ4v) is 5.66. The summed E-state index contributed by atoms with van der Waals surface area (Å²) < 4.78 is 83.1. The lowest BCUT2D eigenvalue weighted by atomic mass is 9.90. The molecule has 1 aliphatic rings. The molecule has 1 aliphatic heterocycles. The second kappa shape index (κ2) is 16.1. The molecule has 0 saturated carbocycles. The van der Waals surface area contributed by atoms with Crippen molar-refractivity contribution in [3.63, 3.8) is 0 Å². The van der Waals surface area contributed by atoms with Gasteiger partial charge in [-0.2, -0.15) is 26.7 Å². The van der Waals surface area contributed by atoms with Gasteiger partial charge in [0.05, 0.1) is 34.5 Å². The highest BCUT2D eigenvalue weighted by molar-refractivity contribution is 7.84. The molecule has 1 heterocycles. The van der Waals surface area contributed by atoms with Crippen molar-refractivity contribution < 1.29 is 41.1 Å². The summed E-state index contributed by atoms with van der Waals surface area (Å²) in [5.74, 6) is -0.884. The summed E-state index contributed by atoms with van der Waals surface area (Å²) >= 11 is 0. The van der Waals surface area contributed by atoms with E-state index in [-0.39, 0.29) is 61.1 Å². The van der Waals surface area contributed by atoms with Crippen molar-refractivity contribution in [2.24, 2.45) is 0 Å². The second-order valence-corrected chi connectivity index (χ2v) is 13.5. The Kier molecular flexibility index (Phi) is 13.1. The Morgan fingerprint density at radius 2 is 1.62 bits per heavy atom. The first-order chi connectivity index (χ1) is 20.8. The molecule has 0 aromatic heterocycles. The fourth-order valence-electron chi connectivity index (χ4n) is 4.80. The summed E-state index contributed by atoms with van der Waals surface area (Å²) in [6, 6.07) is 17.3. The van der Waals surface area contributed by atoms with Crippen LogP contribution in [-0.2, 0) is 33.2 Å². The lowest BCUT2D eigenvalue weighted by Gasteiger charge is -2.30. The molecule has 4 rings (SSSR count). The first-order valence-electron chi connectivity index (χ1n) is 14.4.